The largest absolute Gasteiger partial charge is 0.447 e. The zero-order chi connectivity index (χ0) is 14.2. The fraction of sp³-hybridized carbons (Fsp3) is 0.438. The zero-order valence-corrected chi connectivity index (χ0v) is 12.3. The lowest BCUT2D eigenvalue weighted by Crippen LogP contribution is -2.23. The van der Waals surface area contributed by atoms with E-state index in [1.54, 1.807) is 6.20 Å². The first-order chi connectivity index (χ1) is 9.83. The van der Waals surface area contributed by atoms with Crippen LogP contribution in [0.1, 0.15) is 30.7 Å². The van der Waals surface area contributed by atoms with Crippen LogP contribution in [0.15, 0.2) is 41.3 Å². The van der Waals surface area contributed by atoms with Crippen LogP contribution >= 0.6 is 0 Å². The second-order valence-corrected chi connectivity index (χ2v) is 4.80. The Bertz CT molecular complexity index is 492. The van der Waals surface area contributed by atoms with Gasteiger partial charge in [-0.3, -0.25) is 4.90 Å². The third-order valence-electron chi connectivity index (χ3n) is 3.50. The number of benzene rings is 1. The summed E-state index contributed by atoms with van der Waals surface area (Å²) in [7, 11) is 0. The molecule has 0 atom stereocenters. The molecule has 1 N–H and O–H groups in total. The Kier molecular flexibility index (Phi) is 5.77. The summed E-state index contributed by atoms with van der Waals surface area (Å²) < 4.78 is 5.22. The first-order valence-corrected chi connectivity index (χ1v) is 7.20. The van der Waals surface area contributed by atoms with Crippen LogP contribution in [-0.2, 0) is 19.6 Å². The highest BCUT2D eigenvalue weighted by Gasteiger charge is 2.06. The lowest BCUT2D eigenvalue weighted by Gasteiger charge is -2.20. The van der Waals surface area contributed by atoms with Gasteiger partial charge in [0.25, 0.3) is 0 Å². The van der Waals surface area contributed by atoms with Crippen molar-refractivity contribution in [3.05, 3.63) is 53.7 Å². The van der Waals surface area contributed by atoms with E-state index in [0.717, 1.165) is 31.9 Å². The minimum atomic E-state index is 0.708. The minimum Gasteiger partial charge on any atom is -0.447 e. The molecule has 108 valence electrons. The van der Waals surface area contributed by atoms with Crippen LogP contribution in [0.4, 0.5) is 0 Å². The lowest BCUT2D eigenvalue weighted by atomic mass is 10.1. The summed E-state index contributed by atoms with van der Waals surface area (Å²) in [4.78, 5) is 6.34. The van der Waals surface area contributed by atoms with E-state index in [9.17, 15) is 0 Å². The molecule has 0 radical (unpaired) electrons. The molecule has 0 fully saturated rings. The maximum absolute atomic E-state index is 5.22. The summed E-state index contributed by atoms with van der Waals surface area (Å²) in [5.74, 6) is 0.867. The average Bonchev–Trinajstić information content (AvgIpc) is 2.99. The van der Waals surface area contributed by atoms with E-state index in [1.807, 2.05) is 0 Å². The standard InChI is InChI=1S/C16H23N3O/c1-3-19(4-2)12-15-8-6-5-7-14(15)9-17-10-16-11-18-13-20-16/h5-8,11,13,17H,3-4,9-10,12H2,1-2H3. The molecular weight excluding hydrogens is 250 g/mol. The van der Waals surface area contributed by atoms with Crippen molar-refractivity contribution in [1.82, 2.24) is 15.2 Å². The van der Waals surface area contributed by atoms with Gasteiger partial charge in [0.2, 0.25) is 0 Å². The SMILES string of the molecule is CCN(CC)Cc1ccccc1CNCc1cnco1. The molecule has 0 bridgehead atoms. The predicted molar refractivity (Wildman–Crippen MR) is 80.1 cm³/mol. The highest BCUT2D eigenvalue weighted by Crippen LogP contribution is 2.12. The third-order valence-corrected chi connectivity index (χ3v) is 3.50. The fourth-order valence-electron chi connectivity index (χ4n) is 2.22. The van der Waals surface area contributed by atoms with Crippen LogP contribution in [0.3, 0.4) is 0 Å². The van der Waals surface area contributed by atoms with Crippen LogP contribution in [0.25, 0.3) is 0 Å². The fourth-order valence-corrected chi connectivity index (χ4v) is 2.22. The quantitative estimate of drug-likeness (QED) is 0.803. The molecule has 4 nitrogen and oxygen atoms in total. The van der Waals surface area contributed by atoms with Crippen molar-refractivity contribution >= 4 is 0 Å². The van der Waals surface area contributed by atoms with Crippen LogP contribution in [0.2, 0.25) is 0 Å². The first kappa shape index (κ1) is 14.8. The van der Waals surface area contributed by atoms with Gasteiger partial charge in [0, 0.05) is 13.1 Å². The molecule has 0 saturated heterocycles. The molecule has 2 rings (SSSR count). The summed E-state index contributed by atoms with van der Waals surface area (Å²) in [5.41, 5.74) is 2.74. The molecule has 1 heterocycles. The van der Waals surface area contributed by atoms with Crippen molar-refractivity contribution in [3.8, 4) is 0 Å². The van der Waals surface area contributed by atoms with Gasteiger partial charge < -0.3 is 9.73 Å². The van der Waals surface area contributed by atoms with Crippen molar-refractivity contribution in [2.75, 3.05) is 13.1 Å². The summed E-state index contributed by atoms with van der Waals surface area (Å²) in [5, 5.41) is 3.40. The van der Waals surface area contributed by atoms with Gasteiger partial charge >= 0.3 is 0 Å². The molecule has 0 aliphatic carbocycles. The molecule has 20 heavy (non-hydrogen) atoms. The number of nitrogens with zero attached hydrogens (tertiary/aromatic N) is 2. The first-order valence-electron chi connectivity index (χ1n) is 7.20. The summed E-state index contributed by atoms with van der Waals surface area (Å²) >= 11 is 0. The topological polar surface area (TPSA) is 41.3 Å². The zero-order valence-electron chi connectivity index (χ0n) is 12.3. The van der Waals surface area contributed by atoms with Crippen LogP contribution < -0.4 is 5.32 Å². The molecule has 2 aromatic rings. The normalized spacial score (nSPS) is 11.2. The Morgan fingerprint density at radius 2 is 1.85 bits per heavy atom. The van der Waals surface area contributed by atoms with Gasteiger partial charge in [0.15, 0.2) is 6.39 Å². The molecule has 1 aromatic heterocycles. The highest BCUT2D eigenvalue weighted by molar-refractivity contribution is 5.27. The number of aromatic nitrogens is 1. The van der Waals surface area contributed by atoms with Gasteiger partial charge in [-0.2, -0.15) is 0 Å². The number of hydrogen-bond donors (Lipinski definition) is 1. The second-order valence-electron chi connectivity index (χ2n) is 4.80. The van der Waals surface area contributed by atoms with Crippen LogP contribution in [0, 0.1) is 0 Å². The van der Waals surface area contributed by atoms with E-state index < -0.39 is 0 Å². The number of hydrogen-bond acceptors (Lipinski definition) is 4. The van der Waals surface area contributed by atoms with Gasteiger partial charge in [-0.25, -0.2) is 4.98 Å². The highest BCUT2D eigenvalue weighted by atomic mass is 16.3. The van der Waals surface area contributed by atoms with Gasteiger partial charge in [-0.05, 0) is 24.2 Å². The van der Waals surface area contributed by atoms with Crippen LogP contribution in [-0.4, -0.2) is 23.0 Å². The summed E-state index contributed by atoms with van der Waals surface area (Å²) in [6.45, 7) is 9.13. The molecule has 1 aromatic carbocycles. The van der Waals surface area contributed by atoms with E-state index in [0.29, 0.717) is 6.54 Å². The molecule has 0 amide bonds. The molecule has 0 unspecified atom stereocenters. The molecule has 0 spiro atoms. The predicted octanol–water partition coefficient (Wildman–Crippen LogP) is 2.81. The summed E-state index contributed by atoms with van der Waals surface area (Å²) in [6.07, 6.45) is 3.21. The average molecular weight is 273 g/mol. The van der Waals surface area contributed by atoms with E-state index in [4.69, 9.17) is 4.42 Å². The lowest BCUT2D eigenvalue weighted by molar-refractivity contribution is 0.294. The van der Waals surface area contributed by atoms with Crippen molar-refractivity contribution < 1.29 is 4.42 Å². The number of nitrogens with one attached hydrogen (secondary N) is 1. The third kappa shape index (κ3) is 4.18. The van der Waals surface area contributed by atoms with E-state index in [-0.39, 0.29) is 0 Å². The number of oxazole rings is 1. The van der Waals surface area contributed by atoms with Gasteiger partial charge in [0.05, 0.1) is 12.7 Å². The Balaban J connectivity index is 1.93. The monoisotopic (exact) mass is 273 g/mol. The van der Waals surface area contributed by atoms with Crippen LogP contribution in [0.5, 0.6) is 0 Å². The van der Waals surface area contributed by atoms with Crippen molar-refractivity contribution in [3.63, 3.8) is 0 Å². The molecule has 0 aliphatic rings. The van der Waals surface area contributed by atoms with Crippen molar-refractivity contribution in [2.24, 2.45) is 0 Å². The van der Waals surface area contributed by atoms with Crippen molar-refractivity contribution in [1.29, 1.82) is 0 Å². The molecule has 0 aliphatic heterocycles. The Hall–Kier alpha value is -1.65. The van der Waals surface area contributed by atoms with Gasteiger partial charge in [-0.15, -0.1) is 0 Å². The number of rotatable bonds is 8. The molecular formula is C16H23N3O. The van der Waals surface area contributed by atoms with Gasteiger partial charge in [0.1, 0.15) is 5.76 Å². The maximum atomic E-state index is 5.22. The molecule has 0 saturated carbocycles. The Morgan fingerprint density at radius 3 is 2.50 bits per heavy atom. The second kappa shape index (κ2) is 7.82. The Labute approximate surface area is 120 Å². The maximum Gasteiger partial charge on any atom is 0.180 e. The van der Waals surface area contributed by atoms with E-state index >= 15 is 0 Å². The van der Waals surface area contributed by atoms with E-state index in [2.05, 4.69) is 53.3 Å². The smallest absolute Gasteiger partial charge is 0.180 e. The van der Waals surface area contributed by atoms with Crippen molar-refractivity contribution in [2.45, 2.75) is 33.5 Å². The molecule has 4 heteroatoms. The Morgan fingerprint density at radius 1 is 1.10 bits per heavy atom. The summed E-state index contributed by atoms with van der Waals surface area (Å²) in [6, 6.07) is 8.60. The van der Waals surface area contributed by atoms with Gasteiger partial charge in [-0.1, -0.05) is 38.1 Å². The van der Waals surface area contributed by atoms with E-state index in [1.165, 1.54) is 17.5 Å². The minimum absolute atomic E-state index is 0.708.